The molecule has 0 saturated heterocycles. The van der Waals surface area contributed by atoms with Gasteiger partial charge in [-0.15, -0.1) is 0 Å². The van der Waals surface area contributed by atoms with E-state index in [9.17, 15) is 13.7 Å². The van der Waals surface area contributed by atoms with Crippen LogP contribution in [0.4, 0.5) is 0 Å². The molecule has 88 valence electrons. The van der Waals surface area contributed by atoms with Crippen LogP contribution in [-0.2, 0) is 22.3 Å². The first-order valence-corrected chi connectivity index (χ1v) is 6.83. The van der Waals surface area contributed by atoms with Crippen LogP contribution >= 0.6 is 23.5 Å². The molecule has 0 amide bonds. The second-order valence-electron chi connectivity index (χ2n) is 1.61. The molecule has 0 heterocycles. The van der Waals surface area contributed by atoms with Crippen molar-refractivity contribution in [1.82, 2.24) is 0 Å². The van der Waals surface area contributed by atoms with Gasteiger partial charge in [-0.1, -0.05) is 0 Å². The van der Waals surface area contributed by atoms with Crippen molar-refractivity contribution >= 4 is 114 Å². The topological polar surface area (TPSA) is 171 Å². The molecule has 5 N–H and O–H groups in total. The van der Waals surface area contributed by atoms with Gasteiger partial charge in [0, 0.05) is 0 Å². The molecule has 0 aliphatic heterocycles. The van der Waals surface area contributed by atoms with Gasteiger partial charge in [-0.3, -0.25) is 0 Å². The van der Waals surface area contributed by atoms with E-state index in [1.165, 1.54) is 0 Å². The van der Waals surface area contributed by atoms with E-state index in [1.807, 2.05) is 0 Å². The van der Waals surface area contributed by atoms with Gasteiger partial charge in [0.1, 0.15) is 0 Å². The van der Waals surface area contributed by atoms with Gasteiger partial charge in [-0.2, -0.15) is 8.62 Å². The molecule has 10 nitrogen and oxygen atoms in total. The van der Waals surface area contributed by atoms with Crippen molar-refractivity contribution in [2.24, 2.45) is 0 Å². The molecule has 0 atom stereocenters. The van der Waals surface area contributed by atoms with E-state index in [4.69, 9.17) is 24.5 Å². The molecule has 0 bridgehead atoms. The van der Waals surface area contributed by atoms with Crippen molar-refractivity contribution < 1.29 is 46.8 Å². The molecule has 0 aliphatic rings. The van der Waals surface area contributed by atoms with Crippen LogP contribution in [-0.4, -0.2) is 115 Å². The Morgan fingerprint density at radius 1 is 0.667 bits per heavy atom. The molecule has 0 aromatic rings. The summed E-state index contributed by atoms with van der Waals surface area (Å²) in [7, 11) is -16.2. The SMILES string of the molecule is O=P(O)(O)OP(=O)(O)OP(=O)(O)O.[SrH2].[SrH2]. The van der Waals surface area contributed by atoms with Gasteiger partial charge in [0.25, 0.3) is 0 Å². The van der Waals surface area contributed by atoms with Gasteiger partial charge in [-0.05, 0) is 0 Å². The molecule has 0 aliphatic carbocycles. The first-order valence-electron chi connectivity index (χ1n) is 2.28. The van der Waals surface area contributed by atoms with Crippen molar-refractivity contribution in [2.75, 3.05) is 0 Å². The zero-order chi connectivity index (χ0) is 10.9. The average molecular weight is 437 g/mol. The summed E-state index contributed by atoms with van der Waals surface area (Å²) in [5.74, 6) is 0. The Morgan fingerprint density at radius 3 is 1.00 bits per heavy atom. The monoisotopic (exact) mass is 438 g/mol. The molecule has 0 fully saturated rings. The first-order chi connectivity index (χ1) is 5.41. The molecular formula is H9O10P3Sr2. The molecular weight excluding hydrogens is 428 g/mol. The predicted molar refractivity (Wildman–Crippen MR) is 53.2 cm³/mol. The summed E-state index contributed by atoms with van der Waals surface area (Å²) in [6.45, 7) is 0. The third-order valence-electron chi connectivity index (χ3n) is 0.419. The van der Waals surface area contributed by atoms with Crippen LogP contribution in [0, 0.1) is 0 Å². The standard InChI is InChI=1S/H5O10P3.2Sr.4H/c1-11(2,3)9-13(7,8)10-12(4,5)6;;;;;;/h(H,7,8)(H2,1,2,3)(H2,4,5,6);;;;;;. The molecule has 0 spiro atoms. The summed E-state index contributed by atoms with van der Waals surface area (Å²) in [6, 6.07) is 0. The molecule has 0 rings (SSSR count). The molecule has 0 radical (unpaired) electrons. The van der Waals surface area contributed by atoms with Crippen LogP contribution < -0.4 is 0 Å². The van der Waals surface area contributed by atoms with Crippen LogP contribution in [0.2, 0.25) is 0 Å². The fourth-order valence-corrected chi connectivity index (χ4v) is 2.82. The van der Waals surface area contributed by atoms with Gasteiger partial charge in [-0.25, -0.2) is 13.7 Å². The fraction of sp³-hybridized carbons (Fsp3) is 0. The van der Waals surface area contributed by atoms with Crippen molar-refractivity contribution in [3.63, 3.8) is 0 Å². The van der Waals surface area contributed by atoms with Crippen molar-refractivity contribution in [1.29, 1.82) is 0 Å². The van der Waals surface area contributed by atoms with Crippen LogP contribution in [0.5, 0.6) is 0 Å². The van der Waals surface area contributed by atoms with E-state index >= 15 is 0 Å². The second-order valence-corrected chi connectivity index (χ2v) is 5.82. The number of hydrogen-bond acceptors (Lipinski definition) is 5. The third-order valence-corrected chi connectivity index (χ3v) is 3.77. The normalized spacial score (nSPS) is 12.6. The number of hydrogen-bond donors (Lipinski definition) is 5. The van der Waals surface area contributed by atoms with Crippen LogP contribution in [0.1, 0.15) is 0 Å². The van der Waals surface area contributed by atoms with Crippen LogP contribution in [0.3, 0.4) is 0 Å². The fourth-order valence-electron chi connectivity index (χ4n) is 0.284. The zero-order valence-corrected chi connectivity index (χ0v) is 8.30. The van der Waals surface area contributed by atoms with Gasteiger partial charge in [0.05, 0.1) is 0 Å². The summed E-state index contributed by atoms with van der Waals surface area (Å²) >= 11 is 0. The Labute approximate surface area is 158 Å². The Hall–Kier alpha value is 3.37. The summed E-state index contributed by atoms with van der Waals surface area (Å²) in [4.78, 5) is 40.2. The number of phosphoric acid groups is 3. The van der Waals surface area contributed by atoms with Crippen LogP contribution in [0.15, 0.2) is 0 Å². The summed E-state index contributed by atoms with van der Waals surface area (Å²) in [6.07, 6.45) is 0. The van der Waals surface area contributed by atoms with E-state index in [1.54, 1.807) is 0 Å². The summed E-state index contributed by atoms with van der Waals surface area (Å²) in [5, 5.41) is 0. The van der Waals surface area contributed by atoms with Crippen LogP contribution in [0.25, 0.3) is 0 Å². The quantitative estimate of drug-likeness (QED) is 0.233. The van der Waals surface area contributed by atoms with Gasteiger partial charge in [0.15, 0.2) is 0 Å². The second kappa shape index (κ2) is 8.52. The Kier molecular flexibility index (Phi) is 13.3. The summed E-state index contributed by atoms with van der Waals surface area (Å²) < 4.78 is 36.4. The first kappa shape index (κ1) is 23.5. The molecule has 0 aromatic heterocycles. The van der Waals surface area contributed by atoms with E-state index in [0.29, 0.717) is 0 Å². The molecule has 15 heteroatoms. The van der Waals surface area contributed by atoms with E-state index in [-0.39, 0.29) is 91.0 Å². The molecule has 0 unspecified atom stereocenters. The maximum absolute atomic E-state index is 10.4. The summed E-state index contributed by atoms with van der Waals surface area (Å²) in [5.41, 5.74) is 0. The Morgan fingerprint density at radius 2 is 0.867 bits per heavy atom. The number of rotatable bonds is 4. The van der Waals surface area contributed by atoms with E-state index in [2.05, 4.69) is 8.62 Å². The van der Waals surface area contributed by atoms with Crippen molar-refractivity contribution in [3.8, 4) is 0 Å². The zero-order valence-electron chi connectivity index (χ0n) is 5.62. The van der Waals surface area contributed by atoms with Gasteiger partial charge in [0.2, 0.25) is 0 Å². The molecule has 0 saturated carbocycles. The minimum atomic E-state index is -5.46. The third kappa shape index (κ3) is 17.4. The Balaban J connectivity index is -0.000000720. The predicted octanol–water partition coefficient (Wildman–Crippen LogP) is -2.53. The average Bonchev–Trinajstić information content (AvgIpc) is 1.43. The van der Waals surface area contributed by atoms with Gasteiger partial charge < -0.3 is 24.5 Å². The van der Waals surface area contributed by atoms with Gasteiger partial charge >= 0.3 is 114 Å². The Bertz CT molecular complexity index is 281. The van der Waals surface area contributed by atoms with Crippen molar-refractivity contribution in [3.05, 3.63) is 0 Å². The van der Waals surface area contributed by atoms with E-state index in [0.717, 1.165) is 0 Å². The van der Waals surface area contributed by atoms with E-state index < -0.39 is 23.5 Å². The molecule has 15 heavy (non-hydrogen) atoms. The molecule has 0 aromatic carbocycles. The minimum absolute atomic E-state index is 0. The maximum atomic E-state index is 10.4. The van der Waals surface area contributed by atoms with Crippen molar-refractivity contribution in [2.45, 2.75) is 0 Å².